The van der Waals surface area contributed by atoms with Gasteiger partial charge in [0.15, 0.2) is 0 Å². The average molecular weight is 251 g/mol. The van der Waals surface area contributed by atoms with Crippen molar-refractivity contribution in [2.45, 2.75) is 13.3 Å². The van der Waals surface area contributed by atoms with E-state index < -0.39 is 16.1 Å². The van der Waals surface area contributed by atoms with Gasteiger partial charge in [0.25, 0.3) is 0 Å². The first-order chi connectivity index (χ1) is 6.02. The van der Waals surface area contributed by atoms with Crippen molar-refractivity contribution in [2.24, 2.45) is 0 Å². The minimum Gasteiger partial charge on any atom is -1.00 e. The summed E-state index contributed by atoms with van der Waals surface area (Å²) in [6, 6.07) is 0. The summed E-state index contributed by atoms with van der Waals surface area (Å²) in [5.41, 5.74) is 0. The van der Waals surface area contributed by atoms with Crippen molar-refractivity contribution in [3.05, 3.63) is 12.2 Å². The van der Waals surface area contributed by atoms with Crippen LogP contribution < -0.4 is 0 Å². The molecule has 0 saturated heterocycles. The van der Waals surface area contributed by atoms with E-state index >= 15 is 0 Å². The number of thiol groups is 1. The van der Waals surface area contributed by atoms with Crippen molar-refractivity contribution in [3.63, 3.8) is 0 Å². The van der Waals surface area contributed by atoms with Crippen LogP contribution in [0, 0.1) is 0 Å². The van der Waals surface area contributed by atoms with Crippen molar-refractivity contribution < 1.29 is 20.2 Å². The van der Waals surface area contributed by atoms with E-state index in [1.165, 1.54) is 6.08 Å². The van der Waals surface area contributed by atoms with Crippen molar-refractivity contribution in [1.82, 2.24) is 0 Å². The number of hydrogen-bond donors (Lipinski definition) is 1. The van der Waals surface area contributed by atoms with E-state index in [4.69, 9.17) is 0 Å². The Morgan fingerprint density at radius 3 is 2.57 bits per heavy atom. The fraction of sp³-hybridized carbons (Fsp3) is 0.571. The quantitative estimate of drug-likeness (QED) is 0.336. The van der Waals surface area contributed by atoms with Crippen LogP contribution in [0.3, 0.4) is 0 Å². The first-order valence-electron chi connectivity index (χ1n) is 3.71. The average Bonchev–Trinajstić information content (AvgIpc) is 2.00. The molecule has 0 spiro atoms. The van der Waals surface area contributed by atoms with Gasteiger partial charge in [-0.3, -0.25) is 0 Å². The number of hydrogen-bond acceptors (Lipinski definition) is 5. The Labute approximate surface area is 109 Å². The molecule has 0 fully saturated rings. The number of rotatable bonds is 5. The van der Waals surface area contributed by atoms with Gasteiger partial charge in [0.2, 0.25) is 0 Å². The van der Waals surface area contributed by atoms with Gasteiger partial charge in [-0.2, -0.15) is 21.0 Å². The zero-order chi connectivity index (χ0) is 10.3. The second-order valence-electron chi connectivity index (χ2n) is 2.24. The van der Waals surface area contributed by atoms with Crippen LogP contribution in [-0.2, 0) is 19.1 Å². The molecule has 0 atom stereocenters. The third-order valence-electron chi connectivity index (χ3n) is 1.06. The Morgan fingerprint density at radius 2 is 2.14 bits per heavy atom. The van der Waals surface area contributed by atoms with Crippen LogP contribution in [0.2, 0.25) is 0 Å². The molecule has 80 valence electrons. The summed E-state index contributed by atoms with van der Waals surface area (Å²) < 4.78 is 26.1. The van der Waals surface area contributed by atoms with Gasteiger partial charge >= 0.3 is 39.1 Å². The minimum atomic E-state index is -3.71. The SMILES string of the molecule is CC=CC(=O)OS(=O)(=O)CCCS.[H-].[H-].[Mg+2]. The molecule has 4 nitrogen and oxygen atoms in total. The Kier molecular flexibility index (Phi) is 10.2. The van der Waals surface area contributed by atoms with Crippen molar-refractivity contribution >= 4 is 51.8 Å². The molecule has 0 aromatic rings. The second kappa shape index (κ2) is 8.57. The maximum Gasteiger partial charge on any atom is 2.00 e. The number of allylic oxidation sites excluding steroid dienone is 1. The summed E-state index contributed by atoms with van der Waals surface area (Å²) >= 11 is 3.85. The Hall–Kier alpha value is 0.276. The van der Waals surface area contributed by atoms with Gasteiger partial charge < -0.3 is 7.04 Å². The predicted octanol–water partition coefficient (Wildman–Crippen LogP) is 0.600. The molecule has 0 aromatic carbocycles. The Bertz CT molecular complexity index is 293. The van der Waals surface area contributed by atoms with Crippen LogP contribution in [0.4, 0.5) is 0 Å². The fourth-order valence-electron chi connectivity index (χ4n) is 0.572. The van der Waals surface area contributed by atoms with E-state index in [2.05, 4.69) is 16.8 Å². The predicted molar refractivity (Wildman–Crippen MR) is 61.1 cm³/mol. The molecule has 0 aromatic heterocycles. The van der Waals surface area contributed by atoms with Crippen molar-refractivity contribution in [2.75, 3.05) is 11.5 Å². The largest absolute Gasteiger partial charge is 2.00 e. The first-order valence-corrected chi connectivity index (χ1v) is 5.92. The third-order valence-corrected chi connectivity index (χ3v) is 2.59. The smallest absolute Gasteiger partial charge is 1.00 e. The van der Waals surface area contributed by atoms with Gasteiger partial charge in [0.1, 0.15) is 0 Å². The normalized spacial score (nSPS) is 11.0. The van der Waals surface area contributed by atoms with Crippen LogP contribution in [0.5, 0.6) is 0 Å². The molecule has 14 heavy (non-hydrogen) atoms. The monoisotopic (exact) mass is 250 g/mol. The zero-order valence-corrected chi connectivity index (χ0v) is 11.1. The minimum absolute atomic E-state index is 0. The van der Waals surface area contributed by atoms with Gasteiger partial charge in [0, 0.05) is 6.08 Å². The topological polar surface area (TPSA) is 60.4 Å². The third kappa shape index (κ3) is 8.86. The molecule has 0 aliphatic heterocycles. The van der Waals surface area contributed by atoms with Gasteiger partial charge in [-0.15, -0.1) is 0 Å². The summed E-state index contributed by atoms with van der Waals surface area (Å²) in [5.74, 6) is -0.595. The van der Waals surface area contributed by atoms with Crippen molar-refractivity contribution in [3.8, 4) is 0 Å². The van der Waals surface area contributed by atoms with Gasteiger partial charge in [-0.05, 0) is 19.1 Å². The maximum absolute atomic E-state index is 11.0. The van der Waals surface area contributed by atoms with Gasteiger partial charge in [-0.1, -0.05) is 6.08 Å². The molecule has 7 heteroatoms. The number of carbonyl (C=O) groups excluding carboxylic acids is 1. The van der Waals surface area contributed by atoms with Crippen molar-refractivity contribution in [1.29, 1.82) is 0 Å². The van der Waals surface area contributed by atoms with Crippen LogP contribution in [0.1, 0.15) is 16.2 Å². The molecule has 0 aliphatic carbocycles. The molecular formula is C7H14MgO4S2. The Balaban J connectivity index is -0.000000240. The summed E-state index contributed by atoms with van der Waals surface area (Å²) in [5, 5.41) is 0. The molecule has 0 N–H and O–H groups in total. The number of carbonyl (C=O) groups is 1. The van der Waals surface area contributed by atoms with E-state index in [-0.39, 0.29) is 31.7 Å². The van der Waals surface area contributed by atoms with Gasteiger partial charge in [0.05, 0.1) is 5.75 Å². The molecule has 0 aliphatic rings. The summed E-state index contributed by atoms with van der Waals surface area (Å²) in [7, 11) is -3.71. The van der Waals surface area contributed by atoms with Crippen LogP contribution >= 0.6 is 12.6 Å². The summed E-state index contributed by atoms with van der Waals surface area (Å²) in [6.45, 7) is 1.60. The van der Waals surface area contributed by atoms with E-state index in [1.54, 1.807) is 6.92 Å². The van der Waals surface area contributed by atoms with E-state index in [9.17, 15) is 13.2 Å². The molecule has 0 heterocycles. The van der Waals surface area contributed by atoms with Crippen LogP contribution in [0.25, 0.3) is 0 Å². The zero-order valence-electron chi connectivity index (χ0n) is 9.97. The van der Waals surface area contributed by atoms with Crippen LogP contribution in [-0.4, -0.2) is 48.9 Å². The van der Waals surface area contributed by atoms with E-state index in [0.717, 1.165) is 6.08 Å². The molecular weight excluding hydrogens is 237 g/mol. The second-order valence-corrected chi connectivity index (χ2v) is 4.38. The van der Waals surface area contributed by atoms with Gasteiger partial charge in [-0.25, -0.2) is 4.79 Å². The fourth-order valence-corrected chi connectivity index (χ4v) is 1.83. The summed E-state index contributed by atoms with van der Waals surface area (Å²) in [6.07, 6.45) is 2.84. The molecule has 0 bridgehead atoms. The molecule has 0 amide bonds. The summed E-state index contributed by atoms with van der Waals surface area (Å²) in [4.78, 5) is 10.7. The molecule has 0 saturated carbocycles. The van der Waals surface area contributed by atoms with Crippen LogP contribution in [0.15, 0.2) is 12.2 Å². The molecule has 0 radical (unpaired) electrons. The maximum atomic E-state index is 11.0. The molecule has 0 rings (SSSR count). The first kappa shape index (κ1) is 16.7. The van der Waals surface area contributed by atoms with E-state index in [0.29, 0.717) is 12.2 Å². The standard InChI is InChI=1S/C7H12O4S2.Mg.2H/c1-2-4-7(8)11-13(9,10)6-3-5-12;;;/h2,4,12H,3,5-6H2,1H3;;;/q;+2;2*-1. The Morgan fingerprint density at radius 1 is 1.57 bits per heavy atom. The molecule has 0 unspecified atom stereocenters. The van der Waals surface area contributed by atoms with E-state index in [1.807, 2.05) is 0 Å².